The summed E-state index contributed by atoms with van der Waals surface area (Å²) in [6.07, 6.45) is 0.242. The van der Waals surface area contributed by atoms with Gasteiger partial charge in [0.1, 0.15) is 6.61 Å². The van der Waals surface area contributed by atoms with Crippen LogP contribution in [0.15, 0.2) is 48.5 Å². The Bertz CT molecular complexity index is 720. The minimum absolute atomic E-state index is 0.244. The molecule has 0 saturated carbocycles. The molecule has 25 heavy (non-hydrogen) atoms. The van der Waals surface area contributed by atoms with Gasteiger partial charge in [0.05, 0.1) is 11.4 Å². The van der Waals surface area contributed by atoms with E-state index in [4.69, 9.17) is 16.2 Å². The molecule has 0 bridgehead atoms. The lowest BCUT2D eigenvalue weighted by atomic mass is 10.1. The summed E-state index contributed by atoms with van der Waals surface area (Å²) < 4.78 is 5.11. The van der Waals surface area contributed by atoms with Crippen LogP contribution in [0.2, 0.25) is 0 Å². The molecule has 0 fully saturated rings. The van der Waals surface area contributed by atoms with Crippen LogP contribution >= 0.6 is 0 Å². The zero-order valence-electron chi connectivity index (χ0n) is 13.8. The molecule has 7 nitrogen and oxygen atoms in total. The summed E-state index contributed by atoms with van der Waals surface area (Å²) in [4.78, 5) is 22.7. The lowest BCUT2D eigenvalue weighted by Gasteiger charge is -2.11. The summed E-state index contributed by atoms with van der Waals surface area (Å²) in [6.45, 7) is 1.33. The Balaban J connectivity index is 1.63. The topological polar surface area (TPSA) is 119 Å². The highest BCUT2D eigenvalue weighted by molar-refractivity contribution is 5.94. The molecule has 7 heteroatoms. The van der Waals surface area contributed by atoms with Crippen LogP contribution in [-0.2, 0) is 11.3 Å². The van der Waals surface area contributed by atoms with E-state index in [-0.39, 0.29) is 6.61 Å². The van der Waals surface area contributed by atoms with Crippen molar-refractivity contribution in [1.82, 2.24) is 5.32 Å². The van der Waals surface area contributed by atoms with Gasteiger partial charge in [-0.3, -0.25) is 4.79 Å². The van der Waals surface area contributed by atoms with Crippen molar-refractivity contribution in [3.8, 4) is 0 Å². The number of primary amides is 1. The minimum Gasteiger partial charge on any atom is -0.445 e. The minimum atomic E-state index is -0.517. The van der Waals surface area contributed by atoms with E-state index in [1.807, 2.05) is 30.3 Å². The molecule has 2 aromatic rings. The first-order valence-corrected chi connectivity index (χ1v) is 7.94. The molecule has 0 aromatic heterocycles. The van der Waals surface area contributed by atoms with Crippen LogP contribution in [0.4, 0.5) is 16.2 Å². The number of carbonyl (C=O) groups is 2. The standard InChI is InChI=1S/C18H22N4O3/c19-15-11-14(17(20)23)7-8-16(15)21-9-4-10-22-18(24)25-12-13-5-2-1-3-6-13/h1-3,5-8,11,21H,4,9-10,12,19H2,(H2,20,23)(H,22,24). The summed E-state index contributed by atoms with van der Waals surface area (Å²) in [7, 11) is 0. The van der Waals surface area contributed by atoms with E-state index in [0.717, 1.165) is 11.3 Å². The van der Waals surface area contributed by atoms with E-state index in [2.05, 4.69) is 10.6 Å². The number of benzene rings is 2. The molecule has 0 spiro atoms. The van der Waals surface area contributed by atoms with E-state index in [1.165, 1.54) is 6.07 Å². The molecule has 132 valence electrons. The Hall–Kier alpha value is -3.22. The number of nitrogen functional groups attached to an aromatic ring is 1. The Morgan fingerprint density at radius 3 is 2.48 bits per heavy atom. The third-order valence-electron chi connectivity index (χ3n) is 3.49. The third kappa shape index (κ3) is 6.06. The second kappa shape index (κ2) is 9.17. The van der Waals surface area contributed by atoms with Gasteiger partial charge >= 0.3 is 6.09 Å². The molecule has 0 saturated heterocycles. The van der Waals surface area contributed by atoms with Gasteiger partial charge in [0.2, 0.25) is 5.91 Å². The predicted molar refractivity (Wildman–Crippen MR) is 97.1 cm³/mol. The summed E-state index contributed by atoms with van der Waals surface area (Å²) >= 11 is 0. The number of nitrogens with one attached hydrogen (secondary N) is 2. The molecule has 6 N–H and O–H groups in total. The monoisotopic (exact) mass is 342 g/mol. The second-order valence-corrected chi connectivity index (χ2v) is 5.44. The number of amides is 2. The van der Waals surface area contributed by atoms with Crippen molar-refractivity contribution in [2.75, 3.05) is 24.1 Å². The van der Waals surface area contributed by atoms with Crippen molar-refractivity contribution in [3.05, 3.63) is 59.7 Å². The van der Waals surface area contributed by atoms with Gasteiger partial charge in [0.15, 0.2) is 0 Å². The van der Waals surface area contributed by atoms with Crippen LogP contribution in [0, 0.1) is 0 Å². The van der Waals surface area contributed by atoms with Crippen molar-refractivity contribution in [1.29, 1.82) is 0 Å². The maximum Gasteiger partial charge on any atom is 0.407 e. The number of anilines is 2. The third-order valence-corrected chi connectivity index (χ3v) is 3.49. The SMILES string of the molecule is NC(=O)c1ccc(NCCCNC(=O)OCc2ccccc2)c(N)c1. The fourth-order valence-electron chi connectivity index (χ4n) is 2.15. The summed E-state index contributed by atoms with van der Waals surface area (Å²) in [5, 5.41) is 5.83. The van der Waals surface area contributed by atoms with Gasteiger partial charge in [0.25, 0.3) is 0 Å². The average molecular weight is 342 g/mol. The van der Waals surface area contributed by atoms with Crippen molar-refractivity contribution < 1.29 is 14.3 Å². The summed E-state index contributed by atoms with van der Waals surface area (Å²) in [5.74, 6) is -0.517. The Morgan fingerprint density at radius 1 is 1.04 bits per heavy atom. The van der Waals surface area contributed by atoms with Crippen LogP contribution in [0.3, 0.4) is 0 Å². The van der Waals surface area contributed by atoms with Gasteiger partial charge in [-0.2, -0.15) is 0 Å². The number of rotatable bonds is 8. The van der Waals surface area contributed by atoms with Gasteiger partial charge < -0.3 is 26.8 Å². The van der Waals surface area contributed by atoms with Crippen LogP contribution < -0.4 is 22.1 Å². The molecule has 2 rings (SSSR count). The van der Waals surface area contributed by atoms with Crippen LogP contribution in [0.25, 0.3) is 0 Å². The van der Waals surface area contributed by atoms with Gasteiger partial charge in [-0.15, -0.1) is 0 Å². The molecule has 0 atom stereocenters. The highest BCUT2D eigenvalue weighted by Crippen LogP contribution is 2.19. The largest absolute Gasteiger partial charge is 0.445 e. The zero-order valence-corrected chi connectivity index (χ0v) is 13.8. The van der Waals surface area contributed by atoms with Crippen molar-refractivity contribution in [3.63, 3.8) is 0 Å². The molecule has 0 heterocycles. The van der Waals surface area contributed by atoms with E-state index in [9.17, 15) is 9.59 Å². The highest BCUT2D eigenvalue weighted by atomic mass is 16.5. The van der Waals surface area contributed by atoms with Crippen molar-refractivity contribution in [2.45, 2.75) is 13.0 Å². The molecule has 0 aliphatic carbocycles. The molecule has 0 aliphatic rings. The maximum absolute atomic E-state index is 11.6. The number of ether oxygens (including phenoxy) is 1. The molecule has 0 radical (unpaired) electrons. The van der Waals surface area contributed by atoms with E-state index in [1.54, 1.807) is 12.1 Å². The second-order valence-electron chi connectivity index (χ2n) is 5.44. The smallest absolute Gasteiger partial charge is 0.407 e. The van der Waals surface area contributed by atoms with Crippen LogP contribution in [-0.4, -0.2) is 25.1 Å². The van der Waals surface area contributed by atoms with Crippen molar-refractivity contribution in [2.24, 2.45) is 5.73 Å². The van der Waals surface area contributed by atoms with Gasteiger partial charge in [-0.1, -0.05) is 30.3 Å². The lowest BCUT2D eigenvalue weighted by molar-refractivity contribution is 0.1000. The van der Waals surface area contributed by atoms with Gasteiger partial charge in [0, 0.05) is 18.7 Å². The van der Waals surface area contributed by atoms with E-state index in [0.29, 0.717) is 30.8 Å². The molecule has 0 unspecified atom stereocenters. The normalized spacial score (nSPS) is 10.1. The number of alkyl carbamates (subject to hydrolysis) is 1. The Labute approximate surface area is 146 Å². The van der Waals surface area contributed by atoms with Crippen LogP contribution in [0.5, 0.6) is 0 Å². The Kier molecular flexibility index (Phi) is 6.65. The zero-order chi connectivity index (χ0) is 18.1. The van der Waals surface area contributed by atoms with E-state index < -0.39 is 12.0 Å². The quantitative estimate of drug-likeness (QED) is 0.432. The van der Waals surface area contributed by atoms with Crippen LogP contribution in [0.1, 0.15) is 22.3 Å². The van der Waals surface area contributed by atoms with Gasteiger partial charge in [-0.25, -0.2) is 4.79 Å². The van der Waals surface area contributed by atoms with Gasteiger partial charge in [-0.05, 0) is 30.2 Å². The maximum atomic E-state index is 11.6. The van der Waals surface area contributed by atoms with E-state index >= 15 is 0 Å². The first-order valence-electron chi connectivity index (χ1n) is 7.94. The summed E-state index contributed by atoms with van der Waals surface area (Å²) in [5.41, 5.74) is 13.5. The molecule has 0 aliphatic heterocycles. The molecular formula is C18H22N4O3. The number of hydrogen-bond donors (Lipinski definition) is 4. The fraction of sp³-hybridized carbons (Fsp3) is 0.222. The highest BCUT2D eigenvalue weighted by Gasteiger charge is 2.05. The fourth-order valence-corrected chi connectivity index (χ4v) is 2.15. The first kappa shape index (κ1) is 18.1. The molecular weight excluding hydrogens is 320 g/mol. The molecule has 2 amide bonds. The number of carbonyl (C=O) groups excluding carboxylic acids is 2. The Morgan fingerprint density at radius 2 is 1.80 bits per heavy atom. The lowest BCUT2D eigenvalue weighted by Crippen LogP contribution is -2.26. The predicted octanol–water partition coefficient (Wildman–Crippen LogP) is 2.10. The van der Waals surface area contributed by atoms with Crippen molar-refractivity contribution >= 4 is 23.4 Å². The average Bonchev–Trinajstić information content (AvgIpc) is 2.61. The number of hydrogen-bond acceptors (Lipinski definition) is 5. The molecule has 2 aromatic carbocycles. The summed E-state index contributed by atoms with van der Waals surface area (Å²) in [6, 6.07) is 14.3. The number of nitrogens with two attached hydrogens (primary N) is 2. The first-order chi connectivity index (χ1) is 12.1.